The average Bonchev–Trinajstić information content (AvgIpc) is 3.06. The standard InChI is InChI=1S/C15H31N/c1-3-4-5-6-7-8-9-10-13-16(2)14-15-11-12-15/h15H,3-14H2,1-2H3. The molecule has 0 aromatic rings. The van der Waals surface area contributed by atoms with Gasteiger partial charge in [-0.2, -0.15) is 0 Å². The quantitative estimate of drug-likeness (QED) is 0.469. The lowest BCUT2D eigenvalue weighted by molar-refractivity contribution is 0.311. The number of hydrogen-bond acceptors (Lipinski definition) is 1. The minimum Gasteiger partial charge on any atom is -0.306 e. The molecule has 1 rings (SSSR count). The van der Waals surface area contributed by atoms with Gasteiger partial charge in [0.05, 0.1) is 0 Å². The molecule has 1 saturated carbocycles. The Morgan fingerprint density at radius 2 is 1.44 bits per heavy atom. The van der Waals surface area contributed by atoms with Crippen molar-refractivity contribution >= 4 is 0 Å². The number of nitrogens with zero attached hydrogens (tertiary/aromatic N) is 1. The van der Waals surface area contributed by atoms with Gasteiger partial charge in [0, 0.05) is 6.54 Å². The third kappa shape index (κ3) is 8.15. The fourth-order valence-electron chi connectivity index (χ4n) is 2.35. The molecule has 0 spiro atoms. The van der Waals surface area contributed by atoms with Crippen LogP contribution < -0.4 is 0 Å². The van der Waals surface area contributed by atoms with Gasteiger partial charge in [-0.05, 0) is 38.8 Å². The van der Waals surface area contributed by atoms with Crippen LogP contribution in [0, 0.1) is 5.92 Å². The van der Waals surface area contributed by atoms with Crippen LogP contribution in [0.3, 0.4) is 0 Å². The molecule has 96 valence electrons. The first-order valence-electron chi connectivity index (χ1n) is 7.51. The van der Waals surface area contributed by atoms with E-state index < -0.39 is 0 Å². The van der Waals surface area contributed by atoms with Crippen molar-refractivity contribution in [2.45, 2.75) is 71.1 Å². The van der Waals surface area contributed by atoms with E-state index in [9.17, 15) is 0 Å². The Bertz CT molecular complexity index is 152. The first-order chi connectivity index (χ1) is 7.83. The molecular formula is C15H31N. The Morgan fingerprint density at radius 1 is 0.875 bits per heavy atom. The highest BCUT2D eigenvalue weighted by molar-refractivity contribution is 4.75. The van der Waals surface area contributed by atoms with Gasteiger partial charge in [0.2, 0.25) is 0 Å². The zero-order valence-corrected chi connectivity index (χ0v) is 11.5. The summed E-state index contributed by atoms with van der Waals surface area (Å²) in [6.45, 7) is 4.97. The minimum atomic E-state index is 1.05. The van der Waals surface area contributed by atoms with Gasteiger partial charge in [0.15, 0.2) is 0 Å². The van der Waals surface area contributed by atoms with Crippen LogP contribution in [-0.2, 0) is 0 Å². The Labute approximate surface area is 103 Å². The van der Waals surface area contributed by atoms with Gasteiger partial charge in [-0.1, -0.05) is 51.9 Å². The minimum absolute atomic E-state index is 1.05. The zero-order valence-electron chi connectivity index (χ0n) is 11.5. The van der Waals surface area contributed by atoms with Crippen LogP contribution in [0.25, 0.3) is 0 Å². The molecule has 1 aliphatic carbocycles. The highest BCUT2D eigenvalue weighted by Crippen LogP contribution is 2.29. The molecule has 16 heavy (non-hydrogen) atoms. The fourth-order valence-corrected chi connectivity index (χ4v) is 2.35. The van der Waals surface area contributed by atoms with E-state index in [4.69, 9.17) is 0 Å². The third-order valence-corrected chi connectivity index (χ3v) is 3.66. The number of rotatable bonds is 11. The summed E-state index contributed by atoms with van der Waals surface area (Å²) >= 11 is 0. The maximum Gasteiger partial charge on any atom is 0.000661 e. The number of hydrogen-bond donors (Lipinski definition) is 0. The highest BCUT2D eigenvalue weighted by atomic mass is 15.1. The fraction of sp³-hybridized carbons (Fsp3) is 1.00. The highest BCUT2D eigenvalue weighted by Gasteiger charge is 2.22. The smallest absolute Gasteiger partial charge is 0.000661 e. The molecule has 1 nitrogen and oxygen atoms in total. The lowest BCUT2D eigenvalue weighted by Crippen LogP contribution is -2.22. The molecule has 0 saturated heterocycles. The molecule has 0 aromatic heterocycles. The Morgan fingerprint density at radius 3 is 2.00 bits per heavy atom. The molecule has 0 aliphatic heterocycles. The van der Waals surface area contributed by atoms with E-state index in [0.717, 1.165) is 5.92 Å². The third-order valence-electron chi connectivity index (χ3n) is 3.66. The largest absolute Gasteiger partial charge is 0.306 e. The van der Waals surface area contributed by atoms with E-state index >= 15 is 0 Å². The SMILES string of the molecule is CCCCCCCCCCN(C)CC1CC1. The summed E-state index contributed by atoms with van der Waals surface area (Å²) in [5.74, 6) is 1.05. The van der Waals surface area contributed by atoms with E-state index in [1.54, 1.807) is 0 Å². The summed E-state index contributed by atoms with van der Waals surface area (Å²) in [5, 5.41) is 0. The van der Waals surface area contributed by atoms with Gasteiger partial charge in [-0.3, -0.25) is 0 Å². The number of unbranched alkanes of at least 4 members (excludes halogenated alkanes) is 7. The van der Waals surface area contributed by atoms with Crippen molar-refractivity contribution in [3.8, 4) is 0 Å². The molecule has 0 N–H and O–H groups in total. The van der Waals surface area contributed by atoms with E-state index in [2.05, 4.69) is 18.9 Å². The van der Waals surface area contributed by atoms with Gasteiger partial charge in [0.1, 0.15) is 0 Å². The molecule has 1 aliphatic rings. The van der Waals surface area contributed by atoms with Crippen LogP contribution in [0.5, 0.6) is 0 Å². The topological polar surface area (TPSA) is 3.24 Å². The van der Waals surface area contributed by atoms with Crippen LogP contribution in [0.15, 0.2) is 0 Å². The predicted octanol–water partition coefficient (Wildman–Crippen LogP) is 4.47. The second-order valence-corrected chi connectivity index (χ2v) is 5.68. The van der Waals surface area contributed by atoms with E-state index in [-0.39, 0.29) is 0 Å². The van der Waals surface area contributed by atoms with Crippen LogP contribution in [0.2, 0.25) is 0 Å². The molecular weight excluding hydrogens is 194 g/mol. The van der Waals surface area contributed by atoms with Crippen molar-refractivity contribution in [3.05, 3.63) is 0 Å². The van der Waals surface area contributed by atoms with Gasteiger partial charge >= 0.3 is 0 Å². The summed E-state index contributed by atoms with van der Waals surface area (Å²) in [6.07, 6.45) is 14.5. The van der Waals surface area contributed by atoms with E-state index in [0.29, 0.717) is 0 Å². The molecule has 0 radical (unpaired) electrons. The Hall–Kier alpha value is -0.0400. The first kappa shape index (κ1) is 14.0. The normalized spacial score (nSPS) is 15.9. The van der Waals surface area contributed by atoms with E-state index in [1.807, 2.05) is 0 Å². The maximum atomic E-state index is 2.54. The lowest BCUT2D eigenvalue weighted by Gasteiger charge is -2.15. The maximum absolute atomic E-state index is 2.54. The van der Waals surface area contributed by atoms with E-state index in [1.165, 1.54) is 77.3 Å². The Kier molecular flexibility index (Phi) is 7.92. The van der Waals surface area contributed by atoms with Crippen molar-refractivity contribution in [3.63, 3.8) is 0 Å². The summed E-state index contributed by atoms with van der Waals surface area (Å²) in [6, 6.07) is 0. The molecule has 1 heteroatoms. The van der Waals surface area contributed by atoms with Gasteiger partial charge in [0.25, 0.3) is 0 Å². The van der Waals surface area contributed by atoms with Crippen molar-refractivity contribution in [2.75, 3.05) is 20.1 Å². The second kappa shape index (κ2) is 9.04. The summed E-state index contributed by atoms with van der Waals surface area (Å²) in [7, 11) is 2.29. The molecule has 0 heterocycles. The molecule has 0 atom stereocenters. The van der Waals surface area contributed by atoms with Crippen LogP contribution >= 0.6 is 0 Å². The van der Waals surface area contributed by atoms with Crippen molar-refractivity contribution in [2.24, 2.45) is 5.92 Å². The molecule has 0 aromatic carbocycles. The monoisotopic (exact) mass is 225 g/mol. The lowest BCUT2D eigenvalue weighted by atomic mass is 10.1. The summed E-state index contributed by atoms with van der Waals surface area (Å²) < 4.78 is 0. The zero-order chi connectivity index (χ0) is 11.6. The molecule has 0 bridgehead atoms. The predicted molar refractivity (Wildman–Crippen MR) is 72.8 cm³/mol. The van der Waals surface area contributed by atoms with Crippen LogP contribution in [0.4, 0.5) is 0 Å². The first-order valence-corrected chi connectivity index (χ1v) is 7.51. The van der Waals surface area contributed by atoms with Crippen LogP contribution in [0.1, 0.15) is 71.1 Å². The van der Waals surface area contributed by atoms with Crippen molar-refractivity contribution in [1.82, 2.24) is 4.90 Å². The van der Waals surface area contributed by atoms with Crippen molar-refractivity contribution < 1.29 is 0 Å². The molecule has 0 amide bonds. The van der Waals surface area contributed by atoms with Gasteiger partial charge in [-0.25, -0.2) is 0 Å². The van der Waals surface area contributed by atoms with Gasteiger partial charge < -0.3 is 4.90 Å². The van der Waals surface area contributed by atoms with Gasteiger partial charge in [-0.15, -0.1) is 0 Å². The summed E-state index contributed by atoms with van der Waals surface area (Å²) in [4.78, 5) is 2.54. The Balaban J connectivity index is 1.73. The molecule has 0 unspecified atom stereocenters. The summed E-state index contributed by atoms with van der Waals surface area (Å²) in [5.41, 5.74) is 0. The van der Waals surface area contributed by atoms with Crippen molar-refractivity contribution in [1.29, 1.82) is 0 Å². The molecule has 1 fully saturated rings. The van der Waals surface area contributed by atoms with Crippen LogP contribution in [-0.4, -0.2) is 25.0 Å². The average molecular weight is 225 g/mol. The second-order valence-electron chi connectivity index (χ2n) is 5.68.